The highest BCUT2D eigenvalue weighted by Crippen LogP contribution is 2.28. The Hall–Kier alpha value is -1.48. The summed E-state index contributed by atoms with van der Waals surface area (Å²) < 4.78 is 7.47. The highest BCUT2D eigenvalue weighted by Gasteiger charge is 2.11. The molecule has 0 fully saturated rings. The van der Waals surface area contributed by atoms with E-state index in [4.69, 9.17) is 10.5 Å². The Balaban J connectivity index is 2.70. The topological polar surface area (TPSA) is 40.2 Å². The van der Waals surface area contributed by atoms with Gasteiger partial charge < -0.3 is 15.0 Å². The molecule has 0 aliphatic rings. The van der Waals surface area contributed by atoms with E-state index in [1.165, 1.54) is 22.2 Å². The van der Waals surface area contributed by atoms with Gasteiger partial charge in [-0.1, -0.05) is 0 Å². The number of aryl methyl sites for hydroxylation is 1. The molecule has 16 heavy (non-hydrogen) atoms. The number of hydrogen-bond acceptors (Lipinski definition) is 2. The molecular weight excluding hydrogens is 200 g/mol. The Morgan fingerprint density at radius 1 is 1.38 bits per heavy atom. The molecule has 1 aromatic carbocycles. The lowest BCUT2D eigenvalue weighted by Crippen LogP contribution is -2.04. The van der Waals surface area contributed by atoms with Gasteiger partial charge in [0.1, 0.15) is 5.75 Å². The van der Waals surface area contributed by atoms with Crippen molar-refractivity contribution in [1.29, 1.82) is 0 Å². The molecule has 0 amide bonds. The van der Waals surface area contributed by atoms with E-state index in [9.17, 15) is 0 Å². The molecule has 2 aromatic rings. The summed E-state index contributed by atoms with van der Waals surface area (Å²) in [6, 6.07) is 6.18. The van der Waals surface area contributed by atoms with Gasteiger partial charge in [0.2, 0.25) is 0 Å². The van der Waals surface area contributed by atoms with Crippen molar-refractivity contribution in [2.75, 3.05) is 13.7 Å². The second-order valence-corrected chi connectivity index (χ2v) is 4.04. The van der Waals surface area contributed by atoms with E-state index >= 15 is 0 Å². The number of fused-ring (bicyclic) bond motifs is 1. The van der Waals surface area contributed by atoms with Crippen LogP contribution in [0.15, 0.2) is 18.2 Å². The van der Waals surface area contributed by atoms with Crippen molar-refractivity contribution in [3.05, 3.63) is 29.5 Å². The van der Waals surface area contributed by atoms with Gasteiger partial charge in [-0.05, 0) is 43.7 Å². The fourth-order valence-electron chi connectivity index (χ4n) is 2.21. The molecule has 0 aliphatic carbocycles. The zero-order chi connectivity index (χ0) is 11.7. The standard InChI is InChI=1S/C13H18N2O/c1-9-11(6-7-14)12-8-10(16-3)4-5-13(12)15(9)2/h4-5,8H,6-7,14H2,1-3H3. The van der Waals surface area contributed by atoms with E-state index in [1.54, 1.807) is 7.11 Å². The number of hydrogen-bond donors (Lipinski definition) is 1. The van der Waals surface area contributed by atoms with Gasteiger partial charge in [0, 0.05) is 23.6 Å². The Morgan fingerprint density at radius 2 is 2.12 bits per heavy atom. The molecular formula is C13H18N2O. The van der Waals surface area contributed by atoms with Crippen LogP contribution in [0.4, 0.5) is 0 Å². The average molecular weight is 218 g/mol. The van der Waals surface area contributed by atoms with E-state index in [1.807, 2.05) is 6.07 Å². The minimum Gasteiger partial charge on any atom is -0.497 e. The second-order valence-electron chi connectivity index (χ2n) is 4.04. The predicted molar refractivity (Wildman–Crippen MR) is 67.0 cm³/mol. The Morgan fingerprint density at radius 3 is 2.75 bits per heavy atom. The summed E-state index contributed by atoms with van der Waals surface area (Å²) in [7, 11) is 3.78. The third-order valence-electron chi connectivity index (χ3n) is 3.22. The monoisotopic (exact) mass is 218 g/mol. The van der Waals surface area contributed by atoms with Crippen LogP contribution in [-0.4, -0.2) is 18.2 Å². The molecule has 1 aromatic heterocycles. The van der Waals surface area contributed by atoms with E-state index in [0.717, 1.165) is 12.2 Å². The van der Waals surface area contributed by atoms with Gasteiger partial charge in [0.05, 0.1) is 7.11 Å². The van der Waals surface area contributed by atoms with Crippen molar-refractivity contribution in [3.8, 4) is 5.75 Å². The van der Waals surface area contributed by atoms with Crippen LogP contribution in [0.2, 0.25) is 0 Å². The predicted octanol–water partition coefficient (Wildman–Crippen LogP) is 2.00. The highest BCUT2D eigenvalue weighted by atomic mass is 16.5. The maximum atomic E-state index is 5.66. The van der Waals surface area contributed by atoms with Crippen LogP contribution in [0.1, 0.15) is 11.3 Å². The molecule has 0 saturated carbocycles. The summed E-state index contributed by atoms with van der Waals surface area (Å²) in [5, 5.41) is 1.25. The van der Waals surface area contributed by atoms with Crippen LogP contribution in [0.5, 0.6) is 5.75 Å². The summed E-state index contributed by atoms with van der Waals surface area (Å²) in [6.07, 6.45) is 0.913. The largest absolute Gasteiger partial charge is 0.497 e. The maximum absolute atomic E-state index is 5.66. The average Bonchev–Trinajstić information content (AvgIpc) is 2.54. The minimum atomic E-state index is 0.678. The van der Waals surface area contributed by atoms with Crippen molar-refractivity contribution < 1.29 is 4.74 Å². The van der Waals surface area contributed by atoms with Crippen LogP contribution >= 0.6 is 0 Å². The van der Waals surface area contributed by atoms with E-state index in [-0.39, 0.29) is 0 Å². The second kappa shape index (κ2) is 4.18. The molecule has 3 heteroatoms. The number of aromatic nitrogens is 1. The lowest BCUT2D eigenvalue weighted by atomic mass is 10.1. The first-order valence-electron chi connectivity index (χ1n) is 5.51. The number of benzene rings is 1. The van der Waals surface area contributed by atoms with Crippen LogP contribution < -0.4 is 10.5 Å². The molecule has 0 atom stereocenters. The summed E-state index contributed by atoms with van der Waals surface area (Å²) in [5.41, 5.74) is 9.52. The van der Waals surface area contributed by atoms with Gasteiger partial charge in [0.15, 0.2) is 0 Å². The SMILES string of the molecule is COc1ccc2c(c1)c(CCN)c(C)n2C. The fraction of sp³-hybridized carbons (Fsp3) is 0.385. The molecule has 2 N–H and O–H groups in total. The minimum absolute atomic E-state index is 0.678. The quantitative estimate of drug-likeness (QED) is 0.856. The number of nitrogens with zero attached hydrogens (tertiary/aromatic N) is 1. The van der Waals surface area contributed by atoms with Gasteiger partial charge in [-0.2, -0.15) is 0 Å². The van der Waals surface area contributed by atoms with Gasteiger partial charge in [-0.3, -0.25) is 0 Å². The molecule has 86 valence electrons. The molecule has 3 nitrogen and oxygen atoms in total. The Labute approximate surface area is 95.8 Å². The molecule has 2 rings (SSSR count). The summed E-state index contributed by atoms with van der Waals surface area (Å²) in [4.78, 5) is 0. The zero-order valence-electron chi connectivity index (χ0n) is 10.1. The number of ether oxygens (including phenoxy) is 1. The Kier molecular flexibility index (Phi) is 2.88. The van der Waals surface area contributed by atoms with Crippen molar-refractivity contribution in [2.45, 2.75) is 13.3 Å². The molecule has 0 aliphatic heterocycles. The van der Waals surface area contributed by atoms with Crippen LogP contribution in [0.3, 0.4) is 0 Å². The third-order valence-corrected chi connectivity index (χ3v) is 3.22. The molecule has 0 spiro atoms. The Bertz CT molecular complexity index is 514. The lowest BCUT2D eigenvalue weighted by Gasteiger charge is -2.01. The van der Waals surface area contributed by atoms with Gasteiger partial charge >= 0.3 is 0 Å². The smallest absolute Gasteiger partial charge is 0.119 e. The normalized spacial score (nSPS) is 11.0. The van der Waals surface area contributed by atoms with Crippen molar-refractivity contribution in [2.24, 2.45) is 12.8 Å². The molecule has 0 radical (unpaired) electrons. The van der Waals surface area contributed by atoms with Crippen LogP contribution in [-0.2, 0) is 13.5 Å². The van der Waals surface area contributed by atoms with E-state index in [0.29, 0.717) is 6.54 Å². The first-order valence-corrected chi connectivity index (χ1v) is 5.51. The summed E-state index contributed by atoms with van der Waals surface area (Å²) >= 11 is 0. The molecule has 1 heterocycles. The van der Waals surface area contributed by atoms with Crippen molar-refractivity contribution in [1.82, 2.24) is 4.57 Å². The zero-order valence-corrected chi connectivity index (χ0v) is 10.1. The van der Waals surface area contributed by atoms with E-state index < -0.39 is 0 Å². The fourth-order valence-corrected chi connectivity index (χ4v) is 2.21. The third kappa shape index (κ3) is 1.57. The number of rotatable bonds is 3. The van der Waals surface area contributed by atoms with Crippen molar-refractivity contribution >= 4 is 10.9 Å². The van der Waals surface area contributed by atoms with Crippen molar-refractivity contribution in [3.63, 3.8) is 0 Å². The van der Waals surface area contributed by atoms with Crippen LogP contribution in [0, 0.1) is 6.92 Å². The molecule has 0 saturated heterocycles. The van der Waals surface area contributed by atoms with Gasteiger partial charge in [0.25, 0.3) is 0 Å². The van der Waals surface area contributed by atoms with E-state index in [2.05, 4.69) is 30.7 Å². The lowest BCUT2D eigenvalue weighted by molar-refractivity contribution is 0.415. The van der Waals surface area contributed by atoms with Gasteiger partial charge in [-0.15, -0.1) is 0 Å². The van der Waals surface area contributed by atoms with Gasteiger partial charge in [-0.25, -0.2) is 0 Å². The summed E-state index contributed by atoms with van der Waals surface area (Å²) in [5.74, 6) is 0.899. The molecule has 0 bridgehead atoms. The summed E-state index contributed by atoms with van der Waals surface area (Å²) in [6.45, 7) is 2.81. The maximum Gasteiger partial charge on any atom is 0.119 e. The first kappa shape index (κ1) is 11.0. The number of methoxy groups -OCH3 is 1. The highest BCUT2D eigenvalue weighted by molar-refractivity contribution is 5.86. The molecule has 0 unspecified atom stereocenters. The van der Waals surface area contributed by atoms with Crippen LogP contribution in [0.25, 0.3) is 10.9 Å². The number of nitrogens with two attached hydrogens (primary N) is 1. The first-order chi connectivity index (χ1) is 7.69.